The van der Waals surface area contributed by atoms with E-state index in [1.807, 2.05) is 18.2 Å². The molecule has 102 valence electrons. The highest BCUT2D eigenvalue weighted by atomic mass is 16.5. The first-order chi connectivity index (χ1) is 9.22. The Kier molecular flexibility index (Phi) is 4.63. The third-order valence-corrected chi connectivity index (χ3v) is 3.04. The highest BCUT2D eigenvalue weighted by Gasteiger charge is 2.07. The number of methoxy groups -OCH3 is 1. The average Bonchev–Trinajstić information content (AvgIpc) is 2.86. The standard InChI is InChI=1S/C16H22N2O/c1-13(2)11-17-12-14-7-6-10-18(14)15-8-4-5-9-16(15)19-3/h4-10,13,17H,11-12H2,1-3H3. The molecule has 0 saturated carbocycles. The van der Waals surface area contributed by atoms with Gasteiger partial charge in [0.15, 0.2) is 0 Å². The Balaban J connectivity index is 2.19. The Hall–Kier alpha value is -1.74. The van der Waals surface area contributed by atoms with Gasteiger partial charge in [0.05, 0.1) is 12.8 Å². The van der Waals surface area contributed by atoms with E-state index in [0.29, 0.717) is 5.92 Å². The summed E-state index contributed by atoms with van der Waals surface area (Å²) in [5.74, 6) is 1.55. The molecule has 3 nitrogen and oxygen atoms in total. The molecule has 1 heterocycles. The summed E-state index contributed by atoms with van der Waals surface area (Å²) in [6.07, 6.45) is 2.07. The number of ether oxygens (including phenoxy) is 1. The summed E-state index contributed by atoms with van der Waals surface area (Å²) in [6, 6.07) is 12.3. The van der Waals surface area contributed by atoms with E-state index < -0.39 is 0 Å². The van der Waals surface area contributed by atoms with Gasteiger partial charge < -0.3 is 14.6 Å². The molecule has 1 N–H and O–H groups in total. The van der Waals surface area contributed by atoms with E-state index in [9.17, 15) is 0 Å². The molecule has 0 spiro atoms. The van der Waals surface area contributed by atoms with Gasteiger partial charge in [0.2, 0.25) is 0 Å². The second-order valence-corrected chi connectivity index (χ2v) is 5.07. The first-order valence-corrected chi connectivity index (χ1v) is 6.72. The minimum absolute atomic E-state index is 0.662. The summed E-state index contributed by atoms with van der Waals surface area (Å²) in [5.41, 5.74) is 2.32. The molecule has 0 aliphatic carbocycles. The van der Waals surface area contributed by atoms with Crippen LogP contribution in [0.1, 0.15) is 19.5 Å². The number of hydrogen-bond acceptors (Lipinski definition) is 2. The number of rotatable bonds is 6. The van der Waals surface area contributed by atoms with Gasteiger partial charge in [0.1, 0.15) is 5.75 Å². The van der Waals surface area contributed by atoms with Gasteiger partial charge in [-0.1, -0.05) is 26.0 Å². The Morgan fingerprint density at radius 3 is 2.68 bits per heavy atom. The largest absolute Gasteiger partial charge is 0.495 e. The van der Waals surface area contributed by atoms with Crippen LogP contribution in [-0.4, -0.2) is 18.2 Å². The van der Waals surface area contributed by atoms with Gasteiger partial charge in [-0.05, 0) is 36.7 Å². The minimum atomic E-state index is 0.662. The van der Waals surface area contributed by atoms with E-state index in [1.54, 1.807) is 7.11 Å². The van der Waals surface area contributed by atoms with Crippen molar-refractivity contribution in [2.75, 3.05) is 13.7 Å². The summed E-state index contributed by atoms with van der Waals surface area (Å²) < 4.78 is 7.60. The fourth-order valence-corrected chi connectivity index (χ4v) is 2.11. The minimum Gasteiger partial charge on any atom is -0.495 e. The van der Waals surface area contributed by atoms with Crippen LogP contribution < -0.4 is 10.1 Å². The van der Waals surface area contributed by atoms with Gasteiger partial charge in [-0.2, -0.15) is 0 Å². The topological polar surface area (TPSA) is 26.2 Å². The third-order valence-electron chi connectivity index (χ3n) is 3.04. The van der Waals surface area contributed by atoms with Crippen LogP contribution in [0.2, 0.25) is 0 Å². The summed E-state index contributed by atoms with van der Waals surface area (Å²) in [7, 11) is 1.71. The lowest BCUT2D eigenvalue weighted by Crippen LogP contribution is -2.20. The van der Waals surface area contributed by atoms with Crippen LogP contribution in [0, 0.1) is 5.92 Å². The molecule has 0 unspecified atom stereocenters. The molecule has 0 atom stereocenters. The number of nitrogens with one attached hydrogen (secondary N) is 1. The monoisotopic (exact) mass is 258 g/mol. The fourth-order valence-electron chi connectivity index (χ4n) is 2.11. The van der Waals surface area contributed by atoms with E-state index in [2.05, 4.69) is 48.1 Å². The highest BCUT2D eigenvalue weighted by molar-refractivity contribution is 5.48. The number of para-hydroxylation sites is 2. The van der Waals surface area contributed by atoms with Crippen molar-refractivity contribution in [3.63, 3.8) is 0 Å². The lowest BCUT2D eigenvalue weighted by atomic mass is 10.2. The van der Waals surface area contributed by atoms with E-state index in [-0.39, 0.29) is 0 Å². The molecule has 2 aromatic rings. The normalized spacial score (nSPS) is 10.9. The molecule has 0 saturated heterocycles. The van der Waals surface area contributed by atoms with Crippen LogP contribution >= 0.6 is 0 Å². The molecule has 0 radical (unpaired) electrons. The van der Waals surface area contributed by atoms with Crippen LogP contribution in [0.5, 0.6) is 5.75 Å². The second kappa shape index (κ2) is 6.43. The number of nitrogens with zero attached hydrogens (tertiary/aromatic N) is 1. The highest BCUT2D eigenvalue weighted by Crippen LogP contribution is 2.23. The number of aromatic nitrogens is 1. The van der Waals surface area contributed by atoms with Crippen molar-refractivity contribution in [2.45, 2.75) is 20.4 Å². The lowest BCUT2D eigenvalue weighted by molar-refractivity contribution is 0.412. The van der Waals surface area contributed by atoms with Gasteiger partial charge >= 0.3 is 0 Å². The molecule has 1 aromatic carbocycles. The lowest BCUT2D eigenvalue weighted by Gasteiger charge is -2.14. The van der Waals surface area contributed by atoms with E-state index in [1.165, 1.54) is 5.69 Å². The van der Waals surface area contributed by atoms with Crippen LogP contribution in [0.3, 0.4) is 0 Å². The summed E-state index contributed by atoms with van der Waals surface area (Å²) >= 11 is 0. The van der Waals surface area contributed by atoms with Gasteiger partial charge in [-0.25, -0.2) is 0 Å². The summed E-state index contributed by atoms with van der Waals surface area (Å²) in [4.78, 5) is 0. The molecule has 0 bridgehead atoms. The first-order valence-electron chi connectivity index (χ1n) is 6.72. The molecule has 0 aliphatic rings. The molecule has 0 aliphatic heterocycles. The predicted octanol–water partition coefficient (Wildman–Crippen LogP) is 3.23. The fraction of sp³-hybridized carbons (Fsp3) is 0.375. The molecule has 3 heteroatoms. The van der Waals surface area contributed by atoms with Crippen LogP contribution in [0.25, 0.3) is 5.69 Å². The van der Waals surface area contributed by atoms with Crippen molar-refractivity contribution in [1.29, 1.82) is 0 Å². The third kappa shape index (κ3) is 3.38. The molecular formula is C16H22N2O. The summed E-state index contributed by atoms with van der Waals surface area (Å²) in [6.45, 7) is 6.32. The Labute approximate surface area is 115 Å². The van der Waals surface area contributed by atoms with Crippen molar-refractivity contribution in [3.05, 3.63) is 48.3 Å². The Morgan fingerprint density at radius 2 is 1.95 bits per heavy atom. The smallest absolute Gasteiger partial charge is 0.142 e. The van der Waals surface area contributed by atoms with Crippen LogP contribution in [-0.2, 0) is 6.54 Å². The molecule has 19 heavy (non-hydrogen) atoms. The molecular weight excluding hydrogens is 236 g/mol. The predicted molar refractivity (Wildman–Crippen MR) is 78.9 cm³/mol. The maximum absolute atomic E-state index is 5.43. The van der Waals surface area contributed by atoms with Crippen LogP contribution in [0.15, 0.2) is 42.6 Å². The number of benzene rings is 1. The van der Waals surface area contributed by atoms with Gasteiger partial charge in [0, 0.05) is 18.4 Å². The maximum Gasteiger partial charge on any atom is 0.142 e. The van der Waals surface area contributed by atoms with Gasteiger partial charge in [-0.15, -0.1) is 0 Å². The van der Waals surface area contributed by atoms with Gasteiger partial charge in [-0.3, -0.25) is 0 Å². The van der Waals surface area contributed by atoms with Crippen molar-refractivity contribution >= 4 is 0 Å². The van der Waals surface area contributed by atoms with Crippen molar-refractivity contribution in [1.82, 2.24) is 9.88 Å². The molecule has 1 aromatic heterocycles. The maximum atomic E-state index is 5.43. The SMILES string of the molecule is COc1ccccc1-n1cccc1CNCC(C)C. The number of hydrogen-bond donors (Lipinski definition) is 1. The van der Waals surface area contributed by atoms with E-state index in [4.69, 9.17) is 4.74 Å². The van der Waals surface area contributed by atoms with Crippen molar-refractivity contribution in [3.8, 4) is 11.4 Å². The zero-order valence-corrected chi connectivity index (χ0v) is 11.9. The van der Waals surface area contributed by atoms with E-state index in [0.717, 1.165) is 24.5 Å². The zero-order chi connectivity index (χ0) is 13.7. The zero-order valence-electron chi connectivity index (χ0n) is 11.9. The quantitative estimate of drug-likeness (QED) is 0.861. The molecule has 2 rings (SSSR count). The second-order valence-electron chi connectivity index (χ2n) is 5.07. The molecule has 0 fully saturated rings. The van der Waals surface area contributed by atoms with Gasteiger partial charge in [0.25, 0.3) is 0 Å². The van der Waals surface area contributed by atoms with E-state index >= 15 is 0 Å². The van der Waals surface area contributed by atoms with Crippen molar-refractivity contribution in [2.24, 2.45) is 5.92 Å². The van der Waals surface area contributed by atoms with Crippen molar-refractivity contribution < 1.29 is 4.74 Å². The van der Waals surface area contributed by atoms with Crippen LogP contribution in [0.4, 0.5) is 0 Å². The Bertz CT molecular complexity index is 517. The molecule has 0 amide bonds. The Morgan fingerprint density at radius 1 is 1.16 bits per heavy atom. The summed E-state index contributed by atoms with van der Waals surface area (Å²) in [5, 5.41) is 3.47. The average molecular weight is 258 g/mol. The first kappa shape index (κ1) is 13.7.